The van der Waals surface area contributed by atoms with Gasteiger partial charge in [-0.1, -0.05) is 84.3 Å². The highest BCUT2D eigenvalue weighted by Gasteiger charge is 2.61. The standard InChI is InChI=1S/C32H54O/c1-22(2)10-9-11-23(3)25-13-14-26-24-12-15-28-31(5,27(24)16-20-30(25,26)4)21-17-29(33)32(28)18-7-6-8-19-32/h22-23,25-26,28-29,33H,6-21H2,1-5H3/t23-,25-,26+,28?,29?,30-,31-/m1/s1. The van der Waals surface area contributed by atoms with Gasteiger partial charge in [0.1, 0.15) is 0 Å². The summed E-state index contributed by atoms with van der Waals surface area (Å²) in [5, 5.41) is 11.3. The molecule has 0 radical (unpaired) electrons. The summed E-state index contributed by atoms with van der Waals surface area (Å²) < 4.78 is 0. The number of aliphatic hydroxyl groups excluding tert-OH is 1. The van der Waals surface area contributed by atoms with Gasteiger partial charge in [-0.05, 0) is 110 Å². The van der Waals surface area contributed by atoms with Gasteiger partial charge in [0.2, 0.25) is 0 Å². The summed E-state index contributed by atoms with van der Waals surface area (Å²) in [7, 11) is 0. The molecule has 0 heterocycles. The number of aliphatic hydroxyl groups is 1. The van der Waals surface area contributed by atoms with Gasteiger partial charge in [-0.3, -0.25) is 0 Å². The largest absolute Gasteiger partial charge is 0.393 e. The van der Waals surface area contributed by atoms with Crippen molar-refractivity contribution in [3.8, 4) is 0 Å². The summed E-state index contributed by atoms with van der Waals surface area (Å²) in [6, 6.07) is 0. The second-order valence-corrected chi connectivity index (χ2v) is 14.4. The van der Waals surface area contributed by atoms with Crippen molar-refractivity contribution in [3.63, 3.8) is 0 Å². The van der Waals surface area contributed by atoms with E-state index in [1.54, 1.807) is 0 Å². The van der Waals surface area contributed by atoms with Gasteiger partial charge in [-0.2, -0.15) is 0 Å². The minimum absolute atomic E-state index is 0.0329. The normalized spacial score (nSPS) is 43.4. The van der Waals surface area contributed by atoms with Crippen molar-refractivity contribution in [1.82, 2.24) is 0 Å². The predicted octanol–water partition coefficient (Wildman–Crippen LogP) is 9.09. The smallest absolute Gasteiger partial charge is 0.0599 e. The summed E-state index contributed by atoms with van der Waals surface area (Å²) in [5.41, 5.74) is 5.05. The van der Waals surface area contributed by atoms with E-state index in [-0.39, 0.29) is 11.5 Å². The monoisotopic (exact) mass is 454 g/mol. The molecule has 0 amide bonds. The van der Waals surface area contributed by atoms with E-state index in [0.717, 1.165) is 36.0 Å². The van der Waals surface area contributed by atoms with Crippen LogP contribution >= 0.6 is 0 Å². The molecule has 3 saturated carbocycles. The van der Waals surface area contributed by atoms with E-state index in [4.69, 9.17) is 0 Å². The summed E-state index contributed by atoms with van der Waals surface area (Å²) in [4.78, 5) is 0. The fraction of sp³-hybridized carbons (Fsp3) is 0.938. The molecule has 5 aliphatic rings. The lowest BCUT2D eigenvalue weighted by molar-refractivity contribution is -0.131. The summed E-state index contributed by atoms with van der Waals surface area (Å²) >= 11 is 0. The quantitative estimate of drug-likeness (QED) is 0.411. The van der Waals surface area contributed by atoms with Crippen LogP contribution in [0.2, 0.25) is 0 Å². The minimum Gasteiger partial charge on any atom is -0.393 e. The molecule has 7 atom stereocenters. The van der Waals surface area contributed by atoms with Crippen molar-refractivity contribution >= 4 is 0 Å². The van der Waals surface area contributed by atoms with E-state index in [1.807, 2.05) is 11.1 Å². The Kier molecular flexibility index (Phi) is 6.63. The van der Waals surface area contributed by atoms with Crippen molar-refractivity contribution in [2.45, 2.75) is 143 Å². The lowest BCUT2D eigenvalue weighted by Gasteiger charge is -2.62. The Morgan fingerprint density at radius 2 is 1.61 bits per heavy atom. The van der Waals surface area contributed by atoms with Crippen LogP contribution < -0.4 is 0 Å². The average Bonchev–Trinajstić information content (AvgIpc) is 3.14. The Balaban J connectivity index is 1.39. The Labute approximate surface area is 205 Å². The third-order valence-corrected chi connectivity index (χ3v) is 12.5. The van der Waals surface area contributed by atoms with Gasteiger partial charge < -0.3 is 5.11 Å². The van der Waals surface area contributed by atoms with E-state index in [2.05, 4.69) is 34.6 Å². The predicted molar refractivity (Wildman–Crippen MR) is 140 cm³/mol. The molecule has 1 nitrogen and oxygen atoms in total. The topological polar surface area (TPSA) is 20.2 Å². The highest BCUT2D eigenvalue weighted by molar-refractivity contribution is 5.35. The maximum absolute atomic E-state index is 11.3. The molecule has 5 aliphatic carbocycles. The summed E-state index contributed by atoms with van der Waals surface area (Å²) in [6.07, 6.45) is 21.7. The SMILES string of the molecule is CC(C)CCC[C@@H](C)[C@H]1CC[C@H]2C3=C(CC[C@]12C)[C@@]1(C)CCC(O)C2(CCCCC2)C1CC3. The zero-order valence-electron chi connectivity index (χ0n) is 22.7. The molecule has 1 heteroatoms. The molecular weight excluding hydrogens is 400 g/mol. The average molecular weight is 455 g/mol. The highest BCUT2D eigenvalue weighted by atomic mass is 16.3. The van der Waals surface area contributed by atoms with Gasteiger partial charge in [0.05, 0.1) is 6.10 Å². The molecule has 0 aromatic heterocycles. The molecule has 1 spiro atoms. The molecule has 5 rings (SSSR count). The Bertz CT molecular complexity index is 742. The maximum Gasteiger partial charge on any atom is 0.0599 e. The van der Waals surface area contributed by atoms with Gasteiger partial charge in [-0.25, -0.2) is 0 Å². The Hall–Kier alpha value is -0.300. The van der Waals surface area contributed by atoms with Crippen molar-refractivity contribution in [3.05, 3.63) is 11.1 Å². The highest BCUT2D eigenvalue weighted by Crippen LogP contribution is 2.69. The molecular formula is C32H54O. The van der Waals surface area contributed by atoms with Gasteiger partial charge in [0.15, 0.2) is 0 Å². The van der Waals surface area contributed by atoms with Crippen LogP contribution in [0.5, 0.6) is 0 Å². The minimum atomic E-state index is -0.0329. The third kappa shape index (κ3) is 3.81. The van der Waals surface area contributed by atoms with E-state index in [9.17, 15) is 5.11 Å². The number of fused-ring (bicyclic) bond motifs is 5. The molecule has 3 fully saturated rings. The van der Waals surface area contributed by atoms with Crippen LogP contribution in [0.4, 0.5) is 0 Å². The number of rotatable bonds is 5. The summed E-state index contributed by atoms with van der Waals surface area (Å²) in [5.74, 6) is 4.29. The summed E-state index contributed by atoms with van der Waals surface area (Å²) in [6.45, 7) is 12.7. The Morgan fingerprint density at radius 3 is 2.33 bits per heavy atom. The van der Waals surface area contributed by atoms with E-state index in [1.165, 1.54) is 96.3 Å². The molecule has 0 aromatic rings. The molecule has 188 valence electrons. The van der Waals surface area contributed by atoms with Crippen molar-refractivity contribution < 1.29 is 5.11 Å². The van der Waals surface area contributed by atoms with E-state index in [0.29, 0.717) is 10.8 Å². The first-order chi connectivity index (χ1) is 15.7. The molecule has 0 aliphatic heterocycles. The van der Waals surface area contributed by atoms with Gasteiger partial charge >= 0.3 is 0 Å². The van der Waals surface area contributed by atoms with Crippen LogP contribution in [0.15, 0.2) is 11.1 Å². The van der Waals surface area contributed by atoms with Crippen LogP contribution in [-0.4, -0.2) is 11.2 Å². The molecule has 2 unspecified atom stereocenters. The fourth-order valence-corrected chi connectivity index (χ4v) is 10.8. The van der Waals surface area contributed by atoms with Gasteiger partial charge in [0.25, 0.3) is 0 Å². The van der Waals surface area contributed by atoms with Gasteiger partial charge in [0, 0.05) is 0 Å². The second-order valence-electron chi connectivity index (χ2n) is 14.4. The lowest BCUT2D eigenvalue weighted by Crippen LogP contribution is -2.56. The van der Waals surface area contributed by atoms with Crippen LogP contribution in [0.3, 0.4) is 0 Å². The lowest BCUT2D eigenvalue weighted by atomic mass is 9.43. The Morgan fingerprint density at radius 1 is 0.848 bits per heavy atom. The number of hydrogen-bond donors (Lipinski definition) is 1. The van der Waals surface area contributed by atoms with Crippen LogP contribution in [0.25, 0.3) is 0 Å². The van der Waals surface area contributed by atoms with E-state index < -0.39 is 0 Å². The maximum atomic E-state index is 11.3. The van der Waals surface area contributed by atoms with Crippen LogP contribution in [0.1, 0.15) is 137 Å². The molecule has 33 heavy (non-hydrogen) atoms. The van der Waals surface area contributed by atoms with Crippen LogP contribution in [0, 0.1) is 45.8 Å². The molecule has 0 saturated heterocycles. The zero-order valence-corrected chi connectivity index (χ0v) is 22.7. The fourth-order valence-electron chi connectivity index (χ4n) is 10.8. The molecule has 0 aromatic carbocycles. The molecule has 1 N–H and O–H groups in total. The van der Waals surface area contributed by atoms with Gasteiger partial charge in [-0.15, -0.1) is 0 Å². The number of hydrogen-bond acceptors (Lipinski definition) is 1. The van der Waals surface area contributed by atoms with Crippen molar-refractivity contribution in [2.75, 3.05) is 0 Å². The van der Waals surface area contributed by atoms with E-state index >= 15 is 0 Å². The molecule has 0 bridgehead atoms. The first kappa shape index (κ1) is 24.4. The van der Waals surface area contributed by atoms with Crippen molar-refractivity contribution in [2.24, 2.45) is 45.8 Å². The first-order valence-electron chi connectivity index (χ1n) is 15.1. The second kappa shape index (κ2) is 8.97. The van der Waals surface area contributed by atoms with Crippen LogP contribution in [-0.2, 0) is 0 Å². The number of allylic oxidation sites excluding steroid dienone is 2. The third-order valence-electron chi connectivity index (χ3n) is 12.5. The zero-order chi connectivity index (χ0) is 23.4. The van der Waals surface area contributed by atoms with Crippen molar-refractivity contribution in [1.29, 1.82) is 0 Å². The first-order valence-corrected chi connectivity index (χ1v) is 15.1.